The Labute approximate surface area is 89.8 Å². The summed E-state index contributed by atoms with van der Waals surface area (Å²) < 4.78 is 0. The quantitative estimate of drug-likeness (QED) is 0.680. The molecule has 1 saturated heterocycles. The second-order valence-corrected chi connectivity index (χ2v) is 5.20. The number of fused-ring (bicyclic) bond motifs is 2. The van der Waals surface area contributed by atoms with E-state index in [1.54, 1.807) is 0 Å². The van der Waals surface area contributed by atoms with E-state index in [1.165, 1.54) is 12.8 Å². The number of hydrogen-bond acceptors (Lipinski definition) is 2. The molecule has 1 N–H and O–H groups in total. The number of amides is 1. The Bertz CT molecular complexity index is 313. The van der Waals surface area contributed by atoms with Gasteiger partial charge in [0, 0.05) is 13.1 Å². The number of likely N-dealkylation sites (tertiary alicyclic amines) is 1. The first-order valence-electron chi connectivity index (χ1n) is 5.86. The molecule has 0 spiro atoms. The van der Waals surface area contributed by atoms with Gasteiger partial charge in [0.25, 0.3) is 0 Å². The summed E-state index contributed by atoms with van der Waals surface area (Å²) in [5, 5.41) is 9.40. The fourth-order valence-electron chi connectivity index (χ4n) is 3.32. The van der Waals surface area contributed by atoms with Gasteiger partial charge < -0.3 is 10.0 Å². The molecule has 2 fully saturated rings. The van der Waals surface area contributed by atoms with Crippen LogP contribution in [0.25, 0.3) is 0 Å². The van der Waals surface area contributed by atoms with Gasteiger partial charge in [0.1, 0.15) is 0 Å². The second kappa shape index (κ2) is 3.34. The molecule has 3 rings (SSSR count). The molecule has 2 aliphatic carbocycles. The first-order chi connectivity index (χ1) is 7.22. The molecule has 2 bridgehead atoms. The zero-order chi connectivity index (χ0) is 10.4. The minimum atomic E-state index is -0.424. The Hall–Kier alpha value is -0.830. The number of carbonyl (C=O) groups excluding carboxylic acids is 1. The van der Waals surface area contributed by atoms with Gasteiger partial charge in [0.2, 0.25) is 5.91 Å². The van der Waals surface area contributed by atoms with Crippen LogP contribution in [0.1, 0.15) is 19.3 Å². The fourth-order valence-corrected chi connectivity index (χ4v) is 3.32. The Morgan fingerprint density at radius 3 is 2.80 bits per heavy atom. The molecule has 0 radical (unpaired) electrons. The number of aliphatic hydroxyl groups excluding tert-OH is 1. The molecule has 3 heteroatoms. The third kappa shape index (κ3) is 1.59. The van der Waals surface area contributed by atoms with Crippen molar-refractivity contribution in [3.05, 3.63) is 12.2 Å². The maximum absolute atomic E-state index is 11.5. The topological polar surface area (TPSA) is 40.5 Å². The molecule has 15 heavy (non-hydrogen) atoms. The van der Waals surface area contributed by atoms with Crippen LogP contribution in [0.4, 0.5) is 0 Å². The van der Waals surface area contributed by atoms with Gasteiger partial charge in [0.05, 0.1) is 12.5 Å². The maximum Gasteiger partial charge on any atom is 0.225 e. The molecule has 3 nitrogen and oxygen atoms in total. The van der Waals surface area contributed by atoms with Crippen LogP contribution in [0, 0.1) is 17.8 Å². The molecule has 1 saturated carbocycles. The van der Waals surface area contributed by atoms with Crippen LogP contribution in [-0.4, -0.2) is 35.1 Å². The summed E-state index contributed by atoms with van der Waals surface area (Å²) in [6.45, 7) is 1.41. The monoisotopic (exact) mass is 207 g/mol. The van der Waals surface area contributed by atoms with Crippen LogP contribution in [0.5, 0.6) is 0 Å². The first kappa shape index (κ1) is 9.40. The van der Waals surface area contributed by atoms with E-state index in [9.17, 15) is 9.90 Å². The van der Waals surface area contributed by atoms with Crippen LogP contribution < -0.4 is 0 Å². The van der Waals surface area contributed by atoms with Crippen molar-refractivity contribution in [2.24, 2.45) is 17.8 Å². The van der Waals surface area contributed by atoms with Gasteiger partial charge in [-0.1, -0.05) is 12.2 Å². The lowest BCUT2D eigenvalue weighted by atomic mass is 9.93. The molecule has 0 aromatic heterocycles. The van der Waals surface area contributed by atoms with Crippen molar-refractivity contribution >= 4 is 5.91 Å². The van der Waals surface area contributed by atoms with Crippen LogP contribution >= 0.6 is 0 Å². The van der Waals surface area contributed by atoms with Gasteiger partial charge in [-0.2, -0.15) is 0 Å². The summed E-state index contributed by atoms with van der Waals surface area (Å²) in [5.41, 5.74) is 0. The SMILES string of the molecule is O=C1CC(O)CN1CC1CC2C=CC1C2. The van der Waals surface area contributed by atoms with E-state index in [0.29, 0.717) is 24.8 Å². The zero-order valence-electron chi connectivity index (χ0n) is 8.80. The van der Waals surface area contributed by atoms with Gasteiger partial charge in [-0.3, -0.25) is 4.79 Å². The van der Waals surface area contributed by atoms with Crippen molar-refractivity contribution in [1.29, 1.82) is 0 Å². The highest BCUT2D eigenvalue weighted by molar-refractivity contribution is 5.79. The Balaban J connectivity index is 1.62. The normalized spacial score (nSPS) is 43.3. The number of rotatable bonds is 2. The molecule has 4 unspecified atom stereocenters. The molecule has 3 aliphatic rings. The third-order valence-electron chi connectivity index (χ3n) is 4.07. The Morgan fingerprint density at radius 2 is 2.27 bits per heavy atom. The highest BCUT2D eigenvalue weighted by atomic mass is 16.3. The number of aliphatic hydroxyl groups is 1. The second-order valence-electron chi connectivity index (χ2n) is 5.20. The lowest BCUT2D eigenvalue weighted by Crippen LogP contribution is -2.32. The minimum Gasteiger partial charge on any atom is -0.391 e. The van der Waals surface area contributed by atoms with Crippen molar-refractivity contribution in [3.8, 4) is 0 Å². The average molecular weight is 207 g/mol. The molecule has 4 atom stereocenters. The van der Waals surface area contributed by atoms with E-state index in [2.05, 4.69) is 12.2 Å². The summed E-state index contributed by atoms with van der Waals surface area (Å²) in [4.78, 5) is 13.4. The average Bonchev–Trinajstić information content (AvgIpc) is 2.83. The van der Waals surface area contributed by atoms with Gasteiger partial charge >= 0.3 is 0 Å². The molecule has 1 amide bonds. The molecular weight excluding hydrogens is 190 g/mol. The molecule has 0 aromatic rings. The van der Waals surface area contributed by atoms with Crippen LogP contribution in [-0.2, 0) is 4.79 Å². The van der Waals surface area contributed by atoms with Crippen molar-refractivity contribution in [2.75, 3.05) is 13.1 Å². The maximum atomic E-state index is 11.5. The summed E-state index contributed by atoms with van der Waals surface area (Å²) in [7, 11) is 0. The number of allylic oxidation sites excluding steroid dienone is 2. The van der Waals surface area contributed by atoms with Crippen molar-refractivity contribution in [1.82, 2.24) is 4.90 Å². The smallest absolute Gasteiger partial charge is 0.225 e. The third-order valence-corrected chi connectivity index (χ3v) is 4.07. The standard InChI is InChI=1S/C12H17NO2/c14-11-5-12(15)13(7-11)6-10-4-8-1-2-9(10)3-8/h1-2,8-11,14H,3-7H2. The molecule has 1 heterocycles. The van der Waals surface area contributed by atoms with E-state index < -0.39 is 6.10 Å². The molecular formula is C12H17NO2. The molecule has 1 aliphatic heterocycles. The van der Waals surface area contributed by atoms with E-state index >= 15 is 0 Å². The predicted octanol–water partition coefficient (Wildman–Crippen LogP) is 0.792. The van der Waals surface area contributed by atoms with Gasteiger partial charge in [-0.25, -0.2) is 0 Å². The van der Waals surface area contributed by atoms with E-state index in [4.69, 9.17) is 0 Å². The summed E-state index contributed by atoms with van der Waals surface area (Å²) in [5.74, 6) is 2.24. The van der Waals surface area contributed by atoms with Crippen molar-refractivity contribution in [3.63, 3.8) is 0 Å². The highest BCUT2D eigenvalue weighted by Crippen LogP contribution is 2.43. The number of hydrogen-bond donors (Lipinski definition) is 1. The number of β-amino-alcohol motifs (C(OH)–C–C–N with tert-alkyl or cyclic N) is 1. The number of carbonyl (C=O) groups is 1. The lowest BCUT2D eigenvalue weighted by molar-refractivity contribution is -0.128. The first-order valence-corrected chi connectivity index (χ1v) is 5.86. The van der Waals surface area contributed by atoms with Crippen LogP contribution in [0.3, 0.4) is 0 Å². The summed E-state index contributed by atoms with van der Waals surface area (Å²) >= 11 is 0. The van der Waals surface area contributed by atoms with Crippen LogP contribution in [0.15, 0.2) is 12.2 Å². The fraction of sp³-hybridized carbons (Fsp3) is 0.750. The molecule has 0 aromatic carbocycles. The minimum absolute atomic E-state index is 0.134. The van der Waals surface area contributed by atoms with Crippen LogP contribution in [0.2, 0.25) is 0 Å². The Morgan fingerprint density at radius 1 is 1.40 bits per heavy atom. The van der Waals surface area contributed by atoms with Crippen molar-refractivity contribution in [2.45, 2.75) is 25.4 Å². The lowest BCUT2D eigenvalue weighted by Gasteiger charge is -2.24. The van der Waals surface area contributed by atoms with Crippen molar-refractivity contribution < 1.29 is 9.90 Å². The number of nitrogens with zero attached hydrogens (tertiary/aromatic N) is 1. The zero-order valence-corrected chi connectivity index (χ0v) is 8.80. The van der Waals surface area contributed by atoms with Gasteiger partial charge in [-0.15, -0.1) is 0 Å². The van der Waals surface area contributed by atoms with E-state index in [1.807, 2.05) is 4.90 Å². The van der Waals surface area contributed by atoms with Gasteiger partial charge in [-0.05, 0) is 30.6 Å². The van der Waals surface area contributed by atoms with E-state index in [0.717, 1.165) is 12.5 Å². The molecule has 82 valence electrons. The van der Waals surface area contributed by atoms with Gasteiger partial charge in [0.15, 0.2) is 0 Å². The highest BCUT2D eigenvalue weighted by Gasteiger charge is 2.38. The van der Waals surface area contributed by atoms with E-state index in [-0.39, 0.29) is 5.91 Å². The largest absolute Gasteiger partial charge is 0.391 e. The summed E-state index contributed by atoms with van der Waals surface area (Å²) in [6.07, 6.45) is 7.07. The Kier molecular flexibility index (Phi) is 2.09. The summed E-state index contributed by atoms with van der Waals surface area (Å²) in [6, 6.07) is 0. The predicted molar refractivity (Wildman–Crippen MR) is 56.0 cm³/mol.